The van der Waals surface area contributed by atoms with Gasteiger partial charge < -0.3 is 14.6 Å². The van der Waals surface area contributed by atoms with Crippen molar-refractivity contribution in [3.05, 3.63) is 46.9 Å². The molecular weight excluding hydrogens is 363 g/mol. The third-order valence-electron chi connectivity index (χ3n) is 4.65. The molecule has 3 nitrogen and oxygen atoms in total. The zero-order valence-corrected chi connectivity index (χ0v) is 17.3. The van der Waals surface area contributed by atoms with Crippen molar-refractivity contribution in [3.63, 3.8) is 0 Å². The number of unbranched alkanes of at least 4 members (excludes halogenated alkanes) is 2. The minimum Gasteiger partial charge on any atom is -0.460 e. The van der Waals surface area contributed by atoms with E-state index in [4.69, 9.17) is 16.0 Å². The maximum absolute atomic E-state index is 13.3. The number of hydrogen-bond acceptors (Lipinski definition) is 3. The van der Waals surface area contributed by atoms with E-state index < -0.39 is 5.82 Å². The Bertz CT molecular complexity index is 666. The van der Waals surface area contributed by atoms with Crippen LogP contribution in [0.25, 0.3) is 11.3 Å². The molecular formula is C22H32ClFN2O. The Morgan fingerprint density at radius 1 is 1.00 bits per heavy atom. The zero-order valence-electron chi connectivity index (χ0n) is 16.6. The zero-order chi connectivity index (χ0) is 19.5. The van der Waals surface area contributed by atoms with E-state index in [0.29, 0.717) is 12.3 Å². The SMILES string of the molecule is CCCCN(CCCC)CCCNCc1ccc(-c2ccc(F)c(Cl)c2)o1. The van der Waals surface area contributed by atoms with E-state index in [1.807, 2.05) is 12.1 Å². The van der Waals surface area contributed by atoms with Gasteiger partial charge >= 0.3 is 0 Å². The number of hydrogen-bond donors (Lipinski definition) is 1. The molecule has 0 aliphatic carbocycles. The van der Waals surface area contributed by atoms with E-state index in [9.17, 15) is 4.39 Å². The van der Waals surface area contributed by atoms with Gasteiger partial charge in [-0.15, -0.1) is 0 Å². The average Bonchev–Trinajstić information content (AvgIpc) is 3.14. The molecule has 0 spiro atoms. The first kappa shape index (κ1) is 21.9. The van der Waals surface area contributed by atoms with Crippen molar-refractivity contribution in [1.29, 1.82) is 0 Å². The highest BCUT2D eigenvalue weighted by Gasteiger charge is 2.08. The summed E-state index contributed by atoms with van der Waals surface area (Å²) in [5.74, 6) is 1.17. The Labute approximate surface area is 167 Å². The molecule has 0 amide bonds. The summed E-state index contributed by atoms with van der Waals surface area (Å²) in [6, 6.07) is 8.49. The van der Waals surface area contributed by atoms with Crippen LogP contribution in [0.5, 0.6) is 0 Å². The van der Waals surface area contributed by atoms with Crippen LogP contribution in [0.2, 0.25) is 5.02 Å². The molecule has 0 aliphatic heterocycles. The highest BCUT2D eigenvalue weighted by atomic mass is 35.5. The normalized spacial score (nSPS) is 11.4. The van der Waals surface area contributed by atoms with E-state index >= 15 is 0 Å². The monoisotopic (exact) mass is 394 g/mol. The summed E-state index contributed by atoms with van der Waals surface area (Å²) >= 11 is 5.84. The van der Waals surface area contributed by atoms with Crippen molar-refractivity contribution >= 4 is 11.6 Å². The molecule has 1 heterocycles. The average molecular weight is 395 g/mol. The first-order valence-corrected chi connectivity index (χ1v) is 10.5. The van der Waals surface area contributed by atoms with Crippen LogP contribution in [0, 0.1) is 5.82 Å². The first-order valence-electron chi connectivity index (χ1n) is 10.1. The number of furan rings is 1. The van der Waals surface area contributed by atoms with Gasteiger partial charge in [-0.25, -0.2) is 4.39 Å². The van der Waals surface area contributed by atoms with Gasteiger partial charge in [-0.2, -0.15) is 0 Å². The molecule has 0 bridgehead atoms. The second-order valence-electron chi connectivity index (χ2n) is 6.97. The van der Waals surface area contributed by atoms with Gasteiger partial charge in [0.05, 0.1) is 11.6 Å². The maximum Gasteiger partial charge on any atom is 0.141 e. The Hall–Kier alpha value is -1.36. The van der Waals surface area contributed by atoms with Crippen LogP contribution in [0.1, 0.15) is 51.7 Å². The minimum atomic E-state index is -0.416. The van der Waals surface area contributed by atoms with Gasteiger partial charge in [0.2, 0.25) is 0 Å². The van der Waals surface area contributed by atoms with Crippen molar-refractivity contribution in [2.45, 2.75) is 52.5 Å². The minimum absolute atomic E-state index is 0.110. The predicted octanol–water partition coefficient (Wildman–Crippen LogP) is 6.12. The standard InChI is InChI=1S/C22H32ClFN2O/c1-3-5-13-26(14-6-4-2)15-7-12-25-17-19-9-11-22(27-19)18-8-10-21(24)20(23)16-18/h8-11,16,25H,3-7,12-15,17H2,1-2H3. The molecule has 0 radical (unpaired) electrons. The molecule has 1 aromatic heterocycles. The Kier molecular flexibility index (Phi) is 9.89. The fourth-order valence-corrected chi connectivity index (χ4v) is 3.20. The van der Waals surface area contributed by atoms with Gasteiger partial charge in [0.25, 0.3) is 0 Å². The maximum atomic E-state index is 13.3. The van der Waals surface area contributed by atoms with Crippen molar-refractivity contribution in [2.24, 2.45) is 0 Å². The molecule has 2 aromatic rings. The molecule has 5 heteroatoms. The van der Waals surface area contributed by atoms with Crippen molar-refractivity contribution in [2.75, 3.05) is 26.2 Å². The highest BCUT2D eigenvalue weighted by molar-refractivity contribution is 6.31. The topological polar surface area (TPSA) is 28.4 Å². The largest absolute Gasteiger partial charge is 0.460 e. The molecule has 150 valence electrons. The first-order chi connectivity index (χ1) is 13.1. The number of nitrogens with zero attached hydrogens (tertiary/aromatic N) is 1. The summed E-state index contributed by atoms with van der Waals surface area (Å²) in [7, 11) is 0. The third kappa shape index (κ3) is 7.65. The second-order valence-corrected chi connectivity index (χ2v) is 7.38. The lowest BCUT2D eigenvalue weighted by Crippen LogP contribution is -2.29. The lowest BCUT2D eigenvalue weighted by Gasteiger charge is -2.21. The van der Waals surface area contributed by atoms with Gasteiger partial charge in [-0.05, 0) is 75.8 Å². The molecule has 0 fully saturated rings. The lowest BCUT2D eigenvalue weighted by atomic mass is 10.2. The van der Waals surface area contributed by atoms with Crippen LogP contribution >= 0.6 is 11.6 Å². The van der Waals surface area contributed by atoms with Gasteiger partial charge in [0.15, 0.2) is 0 Å². The van der Waals surface area contributed by atoms with Gasteiger partial charge in [0, 0.05) is 5.56 Å². The Morgan fingerprint density at radius 3 is 2.37 bits per heavy atom. The number of rotatable bonds is 13. The van der Waals surface area contributed by atoms with Gasteiger partial charge in [0.1, 0.15) is 17.3 Å². The summed E-state index contributed by atoms with van der Waals surface area (Å²) < 4.78 is 19.1. The molecule has 1 N–H and O–H groups in total. The fraction of sp³-hybridized carbons (Fsp3) is 0.545. The number of benzene rings is 1. The fourth-order valence-electron chi connectivity index (χ4n) is 3.02. The van der Waals surface area contributed by atoms with Crippen LogP contribution in [-0.4, -0.2) is 31.1 Å². The highest BCUT2D eigenvalue weighted by Crippen LogP contribution is 2.26. The van der Waals surface area contributed by atoms with Crippen molar-refractivity contribution < 1.29 is 8.81 Å². The summed E-state index contributed by atoms with van der Waals surface area (Å²) in [4.78, 5) is 2.58. The smallest absolute Gasteiger partial charge is 0.141 e. The van der Waals surface area contributed by atoms with Crippen molar-refractivity contribution in [3.8, 4) is 11.3 Å². The van der Waals surface area contributed by atoms with E-state index in [1.54, 1.807) is 12.1 Å². The number of halogens is 2. The second kappa shape index (κ2) is 12.2. The molecule has 0 unspecified atom stereocenters. The molecule has 1 aromatic carbocycles. The van der Waals surface area contributed by atoms with Crippen LogP contribution in [-0.2, 0) is 6.54 Å². The van der Waals surface area contributed by atoms with Gasteiger partial charge in [-0.1, -0.05) is 38.3 Å². The van der Waals surface area contributed by atoms with E-state index in [1.165, 1.54) is 44.8 Å². The molecule has 0 saturated heterocycles. The Morgan fingerprint density at radius 2 is 1.70 bits per heavy atom. The van der Waals surface area contributed by atoms with E-state index in [2.05, 4.69) is 24.1 Å². The molecule has 0 aliphatic rings. The van der Waals surface area contributed by atoms with Crippen LogP contribution in [0.15, 0.2) is 34.7 Å². The summed E-state index contributed by atoms with van der Waals surface area (Å²) in [6.45, 7) is 9.71. The molecule has 27 heavy (non-hydrogen) atoms. The predicted molar refractivity (Wildman–Crippen MR) is 112 cm³/mol. The van der Waals surface area contributed by atoms with Crippen LogP contribution < -0.4 is 5.32 Å². The quantitative estimate of drug-likeness (QED) is 0.415. The third-order valence-corrected chi connectivity index (χ3v) is 4.94. The van der Waals surface area contributed by atoms with E-state index in [-0.39, 0.29) is 5.02 Å². The molecule has 0 saturated carbocycles. The lowest BCUT2D eigenvalue weighted by molar-refractivity contribution is 0.260. The summed E-state index contributed by atoms with van der Waals surface area (Å²) in [6.07, 6.45) is 6.19. The van der Waals surface area contributed by atoms with Crippen LogP contribution in [0.4, 0.5) is 4.39 Å². The Balaban J connectivity index is 1.72. The molecule has 2 rings (SSSR count). The van der Waals surface area contributed by atoms with Crippen molar-refractivity contribution in [1.82, 2.24) is 10.2 Å². The molecule has 0 atom stereocenters. The van der Waals surface area contributed by atoms with Crippen LogP contribution in [0.3, 0.4) is 0 Å². The van der Waals surface area contributed by atoms with Gasteiger partial charge in [-0.3, -0.25) is 0 Å². The van der Waals surface area contributed by atoms with E-state index in [0.717, 1.165) is 30.8 Å². The summed E-state index contributed by atoms with van der Waals surface area (Å²) in [5, 5.41) is 3.56. The number of nitrogens with one attached hydrogen (secondary N) is 1. The summed E-state index contributed by atoms with van der Waals surface area (Å²) in [5.41, 5.74) is 0.787.